The van der Waals surface area contributed by atoms with Gasteiger partial charge in [0.25, 0.3) is 0 Å². The van der Waals surface area contributed by atoms with Crippen molar-refractivity contribution >= 4 is 0 Å². The number of nitrogens with zero attached hydrogens (tertiary/aromatic N) is 2. The summed E-state index contributed by atoms with van der Waals surface area (Å²) in [7, 11) is 1.72. The van der Waals surface area contributed by atoms with E-state index in [9.17, 15) is 0 Å². The highest BCUT2D eigenvalue weighted by molar-refractivity contribution is 5.28. The zero-order valence-corrected chi connectivity index (χ0v) is 14.1. The van der Waals surface area contributed by atoms with Crippen molar-refractivity contribution in [3.63, 3.8) is 0 Å². The number of ether oxygens (including phenoxy) is 1. The molecule has 1 saturated carbocycles. The minimum atomic E-state index is -0.432. The molecule has 0 bridgehead atoms. The minimum Gasteiger partial charge on any atom is -0.371 e. The maximum Gasteiger partial charge on any atom is 0.160 e. The van der Waals surface area contributed by atoms with Crippen molar-refractivity contribution in [3.8, 4) is 0 Å². The summed E-state index contributed by atoms with van der Waals surface area (Å²) >= 11 is 0. The van der Waals surface area contributed by atoms with Gasteiger partial charge in [0.15, 0.2) is 5.82 Å². The first-order valence-corrected chi connectivity index (χ1v) is 8.19. The number of methoxy groups -OCH3 is 1. The molecule has 1 heterocycles. The van der Waals surface area contributed by atoms with E-state index in [1.54, 1.807) is 7.11 Å². The molecular formula is C17H29N3O. The third-order valence-electron chi connectivity index (χ3n) is 4.28. The number of hydrogen-bond acceptors (Lipinski definition) is 4. The molecule has 0 amide bonds. The van der Waals surface area contributed by atoms with Crippen LogP contribution in [-0.4, -0.2) is 29.7 Å². The maximum absolute atomic E-state index is 5.55. The van der Waals surface area contributed by atoms with Crippen LogP contribution in [0.4, 0.5) is 0 Å². The predicted octanol–water partition coefficient (Wildman–Crippen LogP) is 2.78. The molecule has 0 saturated heterocycles. The van der Waals surface area contributed by atoms with E-state index in [1.807, 2.05) is 13.8 Å². The first-order chi connectivity index (χ1) is 10.0. The molecule has 0 radical (unpaired) electrons. The van der Waals surface area contributed by atoms with E-state index in [1.165, 1.54) is 29.8 Å². The van der Waals surface area contributed by atoms with Crippen molar-refractivity contribution in [2.45, 2.75) is 71.4 Å². The molecule has 1 aromatic heterocycles. The molecule has 1 aliphatic carbocycles. The number of nitrogens with one attached hydrogen (secondary N) is 1. The van der Waals surface area contributed by atoms with Crippen LogP contribution < -0.4 is 5.32 Å². The lowest BCUT2D eigenvalue weighted by Crippen LogP contribution is -2.26. The Labute approximate surface area is 128 Å². The molecule has 4 heteroatoms. The van der Waals surface area contributed by atoms with Gasteiger partial charge in [-0.25, -0.2) is 9.97 Å². The lowest BCUT2D eigenvalue weighted by Gasteiger charge is -2.24. The van der Waals surface area contributed by atoms with Crippen molar-refractivity contribution in [3.05, 3.63) is 22.8 Å². The van der Waals surface area contributed by atoms with Crippen molar-refractivity contribution in [2.75, 3.05) is 13.7 Å². The highest BCUT2D eigenvalue weighted by Crippen LogP contribution is 2.24. The standard InChI is InChI=1S/C17H29N3O/c1-6-14-13(10-11-18-12-8-9-12)15(7-2)20-16(19-14)17(3,4)21-5/h12,18H,6-11H2,1-5H3. The lowest BCUT2D eigenvalue weighted by atomic mass is 10.0. The fraction of sp³-hybridized carbons (Fsp3) is 0.765. The molecule has 1 fully saturated rings. The van der Waals surface area contributed by atoms with E-state index in [0.717, 1.165) is 37.7 Å². The van der Waals surface area contributed by atoms with Crippen LogP contribution >= 0.6 is 0 Å². The van der Waals surface area contributed by atoms with Gasteiger partial charge >= 0.3 is 0 Å². The third kappa shape index (κ3) is 4.01. The Morgan fingerprint density at radius 3 is 2.14 bits per heavy atom. The SMILES string of the molecule is CCc1nc(C(C)(C)OC)nc(CC)c1CCNC1CC1. The van der Waals surface area contributed by atoms with Gasteiger partial charge in [-0.15, -0.1) is 0 Å². The van der Waals surface area contributed by atoms with Gasteiger partial charge in [0.1, 0.15) is 5.60 Å². The molecule has 1 aliphatic rings. The Kier molecular flexibility index (Phi) is 5.33. The fourth-order valence-corrected chi connectivity index (χ4v) is 2.50. The Morgan fingerprint density at radius 2 is 1.71 bits per heavy atom. The van der Waals surface area contributed by atoms with Crippen LogP contribution in [0.5, 0.6) is 0 Å². The van der Waals surface area contributed by atoms with Crippen LogP contribution in [0.3, 0.4) is 0 Å². The number of hydrogen-bond donors (Lipinski definition) is 1. The average molecular weight is 291 g/mol. The van der Waals surface area contributed by atoms with Gasteiger partial charge in [0.2, 0.25) is 0 Å². The number of aryl methyl sites for hydroxylation is 2. The predicted molar refractivity (Wildman–Crippen MR) is 85.6 cm³/mol. The van der Waals surface area contributed by atoms with Crippen molar-refractivity contribution in [1.29, 1.82) is 0 Å². The molecule has 0 aliphatic heterocycles. The van der Waals surface area contributed by atoms with Gasteiger partial charge in [0.05, 0.1) is 0 Å². The summed E-state index contributed by atoms with van der Waals surface area (Å²) in [4.78, 5) is 9.58. The van der Waals surface area contributed by atoms with Gasteiger partial charge in [-0.1, -0.05) is 13.8 Å². The Hall–Kier alpha value is -1.00. The van der Waals surface area contributed by atoms with E-state index in [4.69, 9.17) is 14.7 Å². The van der Waals surface area contributed by atoms with Crippen molar-refractivity contribution in [1.82, 2.24) is 15.3 Å². The van der Waals surface area contributed by atoms with Gasteiger partial charge in [-0.05, 0) is 58.1 Å². The molecule has 0 unspecified atom stereocenters. The van der Waals surface area contributed by atoms with Crippen molar-refractivity contribution < 1.29 is 4.74 Å². The minimum absolute atomic E-state index is 0.432. The van der Waals surface area contributed by atoms with E-state index >= 15 is 0 Å². The summed E-state index contributed by atoms with van der Waals surface area (Å²) in [6.45, 7) is 9.42. The summed E-state index contributed by atoms with van der Waals surface area (Å²) < 4.78 is 5.55. The molecule has 0 spiro atoms. The number of rotatable bonds is 8. The first kappa shape index (κ1) is 16.4. The fourth-order valence-electron chi connectivity index (χ4n) is 2.50. The second-order valence-electron chi connectivity index (χ2n) is 6.32. The van der Waals surface area contributed by atoms with Crippen LogP contribution in [0.15, 0.2) is 0 Å². The Bertz CT molecular complexity index is 456. The topological polar surface area (TPSA) is 47.0 Å². The Balaban J connectivity index is 2.24. The summed E-state index contributed by atoms with van der Waals surface area (Å²) in [6, 6.07) is 0.757. The van der Waals surface area contributed by atoms with Crippen LogP contribution in [0, 0.1) is 0 Å². The second-order valence-corrected chi connectivity index (χ2v) is 6.32. The Morgan fingerprint density at radius 1 is 1.14 bits per heavy atom. The summed E-state index contributed by atoms with van der Waals surface area (Å²) in [5, 5.41) is 3.58. The van der Waals surface area contributed by atoms with Gasteiger partial charge in [-0.2, -0.15) is 0 Å². The molecule has 4 nitrogen and oxygen atoms in total. The van der Waals surface area contributed by atoms with Crippen molar-refractivity contribution in [2.24, 2.45) is 0 Å². The molecule has 0 aromatic carbocycles. The molecule has 21 heavy (non-hydrogen) atoms. The molecule has 1 N–H and O–H groups in total. The van der Waals surface area contributed by atoms with E-state index < -0.39 is 5.60 Å². The quantitative estimate of drug-likeness (QED) is 0.800. The van der Waals surface area contributed by atoms with E-state index in [2.05, 4.69) is 19.2 Å². The molecular weight excluding hydrogens is 262 g/mol. The van der Waals surface area contributed by atoms with Crippen LogP contribution in [0.1, 0.15) is 63.3 Å². The third-order valence-corrected chi connectivity index (χ3v) is 4.28. The summed E-state index contributed by atoms with van der Waals surface area (Å²) in [5.74, 6) is 0.803. The molecule has 2 rings (SSSR count). The zero-order chi connectivity index (χ0) is 15.5. The van der Waals surface area contributed by atoms with Gasteiger partial charge in [0, 0.05) is 24.5 Å². The van der Waals surface area contributed by atoms with Crippen LogP contribution in [0.2, 0.25) is 0 Å². The maximum atomic E-state index is 5.55. The molecule has 118 valence electrons. The lowest BCUT2D eigenvalue weighted by molar-refractivity contribution is 0.0110. The van der Waals surface area contributed by atoms with Gasteiger partial charge < -0.3 is 10.1 Å². The smallest absolute Gasteiger partial charge is 0.160 e. The zero-order valence-electron chi connectivity index (χ0n) is 14.1. The highest BCUT2D eigenvalue weighted by atomic mass is 16.5. The highest BCUT2D eigenvalue weighted by Gasteiger charge is 2.26. The van der Waals surface area contributed by atoms with E-state index in [-0.39, 0.29) is 0 Å². The summed E-state index contributed by atoms with van der Waals surface area (Å²) in [6.07, 6.45) is 5.58. The molecule has 1 aromatic rings. The van der Waals surface area contributed by atoms with Crippen LogP contribution in [0.25, 0.3) is 0 Å². The summed E-state index contributed by atoms with van der Waals surface area (Å²) in [5.41, 5.74) is 3.27. The second kappa shape index (κ2) is 6.84. The largest absolute Gasteiger partial charge is 0.371 e. The van der Waals surface area contributed by atoms with Crippen LogP contribution in [-0.2, 0) is 29.6 Å². The first-order valence-electron chi connectivity index (χ1n) is 8.19. The normalized spacial score (nSPS) is 15.5. The van der Waals surface area contributed by atoms with Gasteiger partial charge in [-0.3, -0.25) is 0 Å². The number of aromatic nitrogens is 2. The van der Waals surface area contributed by atoms with E-state index in [0.29, 0.717) is 0 Å². The monoisotopic (exact) mass is 291 g/mol. The molecule has 0 atom stereocenters. The average Bonchev–Trinajstić information content (AvgIpc) is 3.31.